The van der Waals surface area contributed by atoms with Gasteiger partial charge >= 0.3 is 0 Å². The minimum Gasteiger partial charge on any atom is -0.375 e. The van der Waals surface area contributed by atoms with E-state index in [1.807, 2.05) is 0 Å². The minimum atomic E-state index is -2.85. The highest BCUT2D eigenvalue weighted by Crippen LogP contribution is 2.30. The van der Waals surface area contributed by atoms with Crippen LogP contribution < -0.4 is 5.32 Å². The second-order valence-electron chi connectivity index (χ2n) is 5.49. The van der Waals surface area contributed by atoms with Crippen LogP contribution in [0.5, 0.6) is 0 Å². The van der Waals surface area contributed by atoms with Crippen molar-refractivity contribution in [2.45, 2.75) is 25.5 Å². The Kier molecular flexibility index (Phi) is 6.37. The molecule has 25 heavy (non-hydrogen) atoms. The Hall–Kier alpha value is -1.70. The van der Waals surface area contributed by atoms with Crippen LogP contribution in [0.15, 0.2) is 24.4 Å². The van der Waals surface area contributed by atoms with Crippen molar-refractivity contribution in [3.63, 3.8) is 0 Å². The lowest BCUT2D eigenvalue weighted by Gasteiger charge is -2.25. The Morgan fingerprint density at radius 2 is 2.04 bits per heavy atom. The van der Waals surface area contributed by atoms with Crippen molar-refractivity contribution in [1.29, 1.82) is 0 Å². The molecule has 2 rings (SSSR count). The number of rotatable bonds is 6. The number of halogens is 4. The first-order valence-electron chi connectivity index (χ1n) is 7.34. The fourth-order valence-corrected chi connectivity index (χ4v) is 3.05. The fourth-order valence-electron chi connectivity index (χ4n) is 2.53. The number of alkyl halides is 2. The molecule has 0 aliphatic carbocycles. The zero-order valence-corrected chi connectivity index (χ0v) is 15.3. The van der Waals surface area contributed by atoms with Crippen molar-refractivity contribution < 1.29 is 18.3 Å². The Bertz CT molecular complexity index is 768. The SMILES string of the molecule is COC(c1ccc(Cl)cc1Cl)[C@@H](C)NC(=O)c1cn(C)nc1C(F)F. The number of hydrogen-bond donors (Lipinski definition) is 1. The quantitative estimate of drug-likeness (QED) is 0.803. The minimum absolute atomic E-state index is 0.179. The smallest absolute Gasteiger partial charge is 0.282 e. The number of aryl methyl sites for hydroxylation is 1. The van der Waals surface area contributed by atoms with Gasteiger partial charge in [-0.15, -0.1) is 0 Å². The normalized spacial score (nSPS) is 13.8. The maximum absolute atomic E-state index is 13.0. The molecule has 0 radical (unpaired) electrons. The Balaban J connectivity index is 2.22. The van der Waals surface area contributed by atoms with Crippen LogP contribution in [0, 0.1) is 0 Å². The number of aromatic nitrogens is 2. The van der Waals surface area contributed by atoms with Crippen molar-refractivity contribution >= 4 is 29.1 Å². The Morgan fingerprint density at radius 1 is 1.36 bits per heavy atom. The molecule has 1 aromatic heterocycles. The van der Waals surface area contributed by atoms with E-state index in [1.165, 1.54) is 25.0 Å². The van der Waals surface area contributed by atoms with E-state index in [2.05, 4.69) is 10.4 Å². The van der Waals surface area contributed by atoms with Gasteiger partial charge in [0.15, 0.2) is 0 Å². The molecule has 2 atom stereocenters. The highest BCUT2D eigenvalue weighted by Gasteiger charge is 2.27. The number of carbonyl (C=O) groups excluding carboxylic acids is 1. The van der Waals surface area contributed by atoms with Crippen molar-refractivity contribution in [2.75, 3.05) is 7.11 Å². The maximum atomic E-state index is 13.0. The third kappa shape index (κ3) is 4.48. The third-order valence-electron chi connectivity index (χ3n) is 3.64. The summed E-state index contributed by atoms with van der Waals surface area (Å²) in [6, 6.07) is 4.37. The van der Waals surface area contributed by atoms with Gasteiger partial charge in [0.05, 0.1) is 11.6 Å². The van der Waals surface area contributed by atoms with Crippen molar-refractivity contribution in [3.8, 4) is 0 Å². The van der Waals surface area contributed by atoms with Gasteiger partial charge in [0.1, 0.15) is 11.8 Å². The highest BCUT2D eigenvalue weighted by atomic mass is 35.5. The van der Waals surface area contributed by atoms with Gasteiger partial charge in [-0.25, -0.2) is 8.78 Å². The highest BCUT2D eigenvalue weighted by molar-refractivity contribution is 6.35. The lowest BCUT2D eigenvalue weighted by molar-refractivity contribution is 0.0641. The molecule has 0 spiro atoms. The van der Waals surface area contributed by atoms with Gasteiger partial charge in [0, 0.05) is 36.0 Å². The number of benzene rings is 1. The summed E-state index contributed by atoms with van der Waals surface area (Å²) >= 11 is 12.1. The zero-order chi connectivity index (χ0) is 18.7. The van der Waals surface area contributed by atoms with Crippen LogP contribution in [0.3, 0.4) is 0 Å². The molecule has 9 heteroatoms. The number of nitrogens with one attached hydrogen (secondary N) is 1. The van der Waals surface area contributed by atoms with Gasteiger partial charge in [-0.2, -0.15) is 5.10 Å². The molecular formula is C16H17Cl2F2N3O2. The molecule has 1 aromatic carbocycles. The monoisotopic (exact) mass is 391 g/mol. The molecule has 0 bridgehead atoms. The van der Waals surface area contributed by atoms with Crippen LogP contribution in [-0.2, 0) is 11.8 Å². The van der Waals surface area contributed by atoms with Gasteiger partial charge in [0.25, 0.3) is 12.3 Å². The van der Waals surface area contributed by atoms with Gasteiger partial charge < -0.3 is 10.1 Å². The number of nitrogens with zero attached hydrogens (tertiary/aromatic N) is 2. The number of carbonyl (C=O) groups is 1. The molecule has 2 aromatic rings. The standard InChI is InChI=1S/C16H17Cl2F2N3O2/c1-8(14(25-3)10-5-4-9(17)6-12(10)18)21-16(24)11-7-23(2)22-13(11)15(19)20/h4-8,14-15H,1-3H3,(H,21,24)/t8-,14?/m1/s1. The van der Waals surface area contributed by atoms with E-state index in [0.717, 1.165) is 0 Å². The number of amides is 1. The predicted molar refractivity (Wildman–Crippen MR) is 91.3 cm³/mol. The third-order valence-corrected chi connectivity index (χ3v) is 4.21. The molecule has 136 valence electrons. The first kappa shape index (κ1) is 19.6. The average Bonchev–Trinajstić information content (AvgIpc) is 2.92. The molecule has 0 fully saturated rings. The van der Waals surface area contributed by atoms with Crippen LogP contribution in [0.2, 0.25) is 10.0 Å². The van der Waals surface area contributed by atoms with E-state index in [4.69, 9.17) is 27.9 Å². The van der Waals surface area contributed by atoms with Gasteiger partial charge in [0.2, 0.25) is 0 Å². The lowest BCUT2D eigenvalue weighted by atomic mass is 10.0. The molecule has 0 aliphatic rings. The average molecular weight is 392 g/mol. The topological polar surface area (TPSA) is 56.1 Å². The number of methoxy groups -OCH3 is 1. The van der Waals surface area contributed by atoms with E-state index in [9.17, 15) is 13.6 Å². The van der Waals surface area contributed by atoms with Crippen LogP contribution in [0.4, 0.5) is 8.78 Å². The van der Waals surface area contributed by atoms with E-state index in [1.54, 1.807) is 25.1 Å². The number of ether oxygens (including phenoxy) is 1. The summed E-state index contributed by atoms with van der Waals surface area (Å²) in [7, 11) is 2.93. The summed E-state index contributed by atoms with van der Waals surface area (Å²) in [4.78, 5) is 12.4. The zero-order valence-electron chi connectivity index (χ0n) is 13.8. The molecule has 1 heterocycles. The molecule has 5 nitrogen and oxygen atoms in total. The van der Waals surface area contributed by atoms with Crippen LogP contribution >= 0.6 is 23.2 Å². The number of hydrogen-bond acceptors (Lipinski definition) is 3. The Morgan fingerprint density at radius 3 is 2.60 bits per heavy atom. The molecule has 0 saturated carbocycles. The molecule has 1 amide bonds. The summed E-state index contributed by atoms with van der Waals surface area (Å²) in [6.07, 6.45) is -2.18. The predicted octanol–water partition coefficient (Wildman–Crippen LogP) is 4.17. The van der Waals surface area contributed by atoms with Gasteiger partial charge in [-0.3, -0.25) is 9.48 Å². The van der Waals surface area contributed by atoms with Crippen molar-refractivity contribution in [3.05, 3.63) is 51.3 Å². The molecule has 0 saturated heterocycles. The molecular weight excluding hydrogens is 375 g/mol. The van der Waals surface area contributed by atoms with Crippen molar-refractivity contribution in [2.24, 2.45) is 7.05 Å². The largest absolute Gasteiger partial charge is 0.375 e. The summed E-state index contributed by atoms with van der Waals surface area (Å²) < 4.78 is 32.6. The van der Waals surface area contributed by atoms with Crippen LogP contribution in [0.1, 0.15) is 41.1 Å². The van der Waals surface area contributed by atoms with Crippen molar-refractivity contribution in [1.82, 2.24) is 15.1 Å². The van der Waals surface area contributed by atoms with E-state index >= 15 is 0 Å². The summed E-state index contributed by atoms with van der Waals surface area (Å²) in [6.45, 7) is 1.69. The van der Waals surface area contributed by atoms with Gasteiger partial charge in [-0.05, 0) is 19.1 Å². The van der Waals surface area contributed by atoms with E-state index in [-0.39, 0.29) is 5.56 Å². The fraction of sp³-hybridized carbons (Fsp3) is 0.375. The molecule has 1 unspecified atom stereocenters. The summed E-state index contributed by atoms with van der Waals surface area (Å²) in [5, 5.41) is 7.13. The Labute approximate surface area is 153 Å². The second-order valence-corrected chi connectivity index (χ2v) is 6.33. The van der Waals surface area contributed by atoms with Crippen LogP contribution in [-0.4, -0.2) is 28.8 Å². The lowest BCUT2D eigenvalue weighted by Crippen LogP contribution is -2.38. The molecule has 1 N–H and O–H groups in total. The van der Waals surface area contributed by atoms with E-state index in [0.29, 0.717) is 15.6 Å². The summed E-state index contributed by atoms with van der Waals surface area (Å²) in [5.74, 6) is -0.664. The molecule has 0 aliphatic heterocycles. The van der Waals surface area contributed by atoms with E-state index < -0.39 is 30.2 Å². The summed E-state index contributed by atoms with van der Waals surface area (Å²) in [5.41, 5.74) is -0.117. The maximum Gasteiger partial charge on any atom is 0.282 e. The first-order valence-corrected chi connectivity index (χ1v) is 8.10. The second kappa shape index (κ2) is 8.12. The first-order chi connectivity index (χ1) is 11.7. The van der Waals surface area contributed by atoms with Crippen LogP contribution in [0.25, 0.3) is 0 Å². The van der Waals surface area contributed by atoms with Gasteiger partial charge in [-0.1, -0.05) is 29.3 Å².